The Hall–Kier alpha value is -2.94. The predicted octanol–water partition coefficient (Wildman–Crippen LogP) is 4.14. The first kappa shape index (κ1) is 23.2. The molecule has 10 heteroatoms. The van der Waals surface area contributed by atoms with Crippen LogP contribution in [0.5, 0.6) is 0 Å². The van der Waals surface area contributed by atoms with Gasteiger partial charge in [0.25, 0.3) is 11.6 Å². The number of nitro groups is 1. The maximum absolute atomic E-state index is 12.6. The van der Waals surface area contributed by atoms with Gasteiger partial charge in [0, 0.05) is 43.9 Å². The summed E-state index contributed by atoms with van der Waals surface area (Å²) in [4.78, 5) is 34.6. The molecule has 0 unspecified atom stereocenters. The smallest absolute Gasteiger partial charge is 0.270 e. The van der Waals surface area contributed by atoms with Crippen molar-refractivity contribution in [2.75, 3.05) is 24.3 Å². The van der Waals surface area contributed by atoms with E-state index in [2.05, 4.69) is 15.5 Å². The van der Waals surface area contributed by atoms with E-state index in [1.807, 2.05) is 14.1 Å². The first-order valence-electron chi connectivity index (χ1n) is 11.4. The van der Waals surface area contributed by atoms with E-state index in [4.69, 9.17) is 21.6 Å². The number of non-ortho nitro benzene ring substituents is 1. The minimum absolute atomic E-state index is 0.0311. The molecule has 2 aromatic rings. The van der Waals surface area contributed by atoms with E-state index < -0.39 is 4.92 Å². The Morgan fingerprint density at radius 3 is 2.48 bits per heavy atom. The zero-order chi connectivity index (χ0) is 23.5. The summed E-state index contributed by atoms with van der Waals surface area (Å²) in [5, 5.41) is 17.5. The molecule has 0 atom stereocenters. The Bertz CT molecular complexity index is 1050. The number of amides is 1. The van der Waals surface area contributed by atoms with E-state index in [0.717, 1.165) is 50.0 Å². The lowest BCUT2D eigenvalue weighted by molar-refractivity contribution is -0.384. The number of benzene rings is 1. The number of nitrogens with zero attached hydrogens (tertiary/aromatic N) is 4. The molecule has 1 aromatic heterocycles. The van der Waals surface area contributed by atoms with E-state index in [1.54, 1.807) is 0 Å². The van der Waals surface area contributed by atoms with Gasteiger partial charge in [0.2, 0.25) is 5.95 Å². The van der Waals surface area contributed by atoms with Crippen molar-refractivity contribution in [2.45, 2.75) is 63.5 Å². The Morgan fingerprint density at radius 2 is 1.82 bits per heavy atom. The van der Waals surface area contributed by atoms with Gasteiger partial charge in [-0.05, 0) is 57.4 Å². The summed E-state index contributed by atoms with van der Waals surface area (Å²) >= 11 is 6.09. The molecular weight excluding hydrogens is 444 g/mol. The van der Waals surface area contributed by atoms with Crippen LogP contribution in [-0.4, -0.2) is 47.0 Å². The Balaban J connectivity index is 1.34. The highest BCUT2D eigenvalue weighted by molar-refractivity contribution is 6.34. The fourth-order valence-electron chi connectivity index (χ4n) is 4.64. The number of nitrogens with one attached hydrogen (secondary N) is 2. The highest BCUT2D eigenvalue weighted by Gasteiger charge is 2.26. The number of hydrogen-bond acceptors (Lipinski definition) is 7. The molecule has 0 saturated heterocycles. The van der Waals surface area contributed by atoms with Crippen LogP contribution in [0.1, 0.15) is 60.1 Å². The third-order valence-electron chi connectivity index (χ3n) is 6.39. The first-order chi connectivity index (χ1) is 15.8. The third-order valence-corrected chi connectivity index (χ3v) is 6.70. The van der Waals surface area contributed by atoms with E-state index in [0.29, 0.717) is 5.95 Å². The molecule has 0 bridgehead atoms. The van der Waals surface area contributed by atoms with Crippen molar-refractivity contribution < 1.29 is 9.72 Å². The molecule has 0 spiro atoms. The van der Waals surface area contributed by atoms with Crippen LogP contribution in [0.4, 0.5) is 17.5 Å². The van der Waals surface area contributed by atoms with Crippen LogP contribution in [-0.2, 0) is 12.8 Å². The summed E-state index contributed by atoms with van der Waals surface area (Å²) in [5.74, 6) is 1.38. The van der Waals surface area contributed by atoms with Crippen LogP contribution in [0, 0.1) is 10.1 Å². The summed E-state index contributed by atoms with van der Waals surface area (Å²) < 4.78 is 0. The van der Waals surface area contributed by atoms with Crippen molar-refractivity contribution in [2.24, 2.45) is 0 Å². The van der Waals surface area contributed by atoms with Crippen molar-refractivity contribution in [3.63, 3.8) is 0 Å². The maximum atomic E-state index is 12.6. The highest BCUT2D eigenvalue weighted by atomic mass is 35.5. The van der Waals surface area contributed by atoms with Gasteiger partial charge in [-0.25, -0.2) is 4.98 Å². The Morgan fingerprint density at radius 1 is 1.12 bits per heavy atom. The van der Waals surface area contributed by atoms with Crippen LogP contribution in [0.3, 0.4) is 0 Å². The number of carbonyl (C=O) groups is 1. The summed E-state index contributed by atoms with van der Waals surface area (Å²) in [6, 6.07) is 4.18. The number of hydrogen-bond donors (Lipinski definition) is 2. The van der Waals surface area contributed by atoms with Gasteiger partial charge in [0.1, 0.15) is 5.82 Å². The van der Waals surface area contributed by atoms with Gasteiger partial charge < -0.3 is 15.5 Å². The fourth-order valence-corrected chi connectivity index (χ4v) is 4.90. The molecule has 2 aliphatic carbocycles. The number of aryl methyl sites for hydroxylation is 1. The lowest BCUT2D eigenvalue weighted by Crippen LogP contribution is -2.40. The van der Waals surface area contributed by atoms with Gasteiger partial charge >= 0.3 is 0 Å². The molecule has 1 amide bonds. The molecular formula is C23H29ClN6O3. The third kappa shape index (κ3) is 5.35. The van der Waals surface area contributed by atoms with Crippen LogP contribution >= 0.6 is 11.6 Å². The molecule has 1 heterocycles. The number of nitro benzene ring substituents is 1. The summed E-state index contributed by atoms with van der Waals surface area (Å²) in [7, 11) is 4.04. The predicted molar refractivity (Wildman–Crippen MR) is 128 cm³/mol. The second-order valence-electron chi connectivity index (χ2n) is 8.99. The largest absolute Gasteiger partial charge is 0.362 e. The normalized spacial score (nSPS) is 20.0. The monoisotopic (exact) mass is 472 g/mol. The average Bonchev–Trinajstić information content (AvgIpc) is 2.79. The summed E-state index contributed by atoms with van der Waals surface area (Å²) in [5.41, 5.74) is 2.54. The molecule has 9 nitrogen and oxygen atoms in total. The van der Waals surface area contributed by atoms with Crippen molar-refractivity contribution in [1.29, 1.82) is 0 Å². The van der Waals surface area contributed by atoms with E-state index in [1.165, 1.54) is 36.6 Å². The fraction of sp³-hybridized carbons (Fsp3) is 0.522. The van der Waals surface area contributed by atoms with E-state index in [9.17, 15) is 14.9 Å². The summed E-state index contributed by atoms with van der Waals surface area (Å²) in [6.07, 6.45) is 7.79. The second kappa shape index (κ2) is 9.91. The molecule has 4 rings (SSSR count). The van der Waals surface area contributed by atoms with Gasteiger partial charge in [-0.3, -0.25) is 14.9 Å². The minimum Gasteiger partial charge on any atom is -0.362 e. The van der Waals surface area contributed by atoms with Gasteiger partial charge in [-0.1, -0.05) is 11.6 Å². The lowest BCUT2D eigenvalue weighted by Gasteiger charge is -2.30. The number of aromatic nitrogens is 2. The average molecular weight is 473 g/mol. The number of anilines is 2. The number of carbonyl (C=O) groups excluding carboxylic acids is 1. The number of rotatable bonds is 6. The molecule has 176 valence electrons. The van der Waals surface area contributed by atoms with Gasteiger partial charge in [0.05, 0.1) is 21.2 Å². The van der Waals surface area contributed by atoms with Crippen LogP contribution in [0.15, 0.2) is 18.2 Å². The first-order valence-corrected chi connectivity index (χ1v) is 11.8. The molecule has 1 saturated carbocycles. The molecule has 2 N–H and O–H groups in total. The zero-order valence-corrected chi connectivity index (χ0v) is 19.7. The van der Waals surface area contributed by atoms with Crippen molar-refractivity contribution in [3.05, 3.63) is 50.2 Å². The van der Waals surface area contributed by atoms with Gasteiger partial charge in [0.15, 0.2) is 0 Å². The molecule has 1 aromatic carbocycles. The van der Waals surface area contributed by atoms with Crippen molar-refractivity contribution in [3.8, 4) is 0 Å². The quantitative estimate of drug-likeness (QED) is 0.479. The second-order valence-corrected chi connectivity index (χ2v) is 9.39. The van der Waals surface area contributed by atoms with Crippen LogP contribution in [0.25, 0.3) is 0 Å². The van der Waals surface area contributed by atoms with Gasteiger partial charge in [-0.2, -0.15) is 4.98 Å². The standard InChI is InChI=1S/C23H29ClN6O3/c1-29(2)21-18-5-3-4-6-20(18)27-23(28-21)26-15-9-7-14(8-10-15)25-22(31)17-12-11-16(30(32)33)13-19(17)24/h11-15H,3-10H2,1-2H3,(H,25,31)(H,26,27,28). The highest BCUT2D eigenvalue weighted by Crippen LogP contribution is 2.30. The summed E-state index contributed by atoms with van der Waals surface area (Å²) in [6.45, 7) is 0. The maximum Gasteiger partial charge on any atom is 0.270 e. The molecule has 1 fully saturated rings. The Kier molecular flexibility index (Phi) is 6.97. The molecule has 33 heavy (non-hydrogen) atoms. The minimum atomic E-state index is -0.532. The van der Waals surface area contributed by atoms with E-state index >= 15 is 0 Å². The Labute approximate surface area is 198 Å². The van der Waals surface area contributed by atoms with Crippen molar-refractivity contribution >= 4 is 35.0 Å². The topological polar surface area (TPSA) is 113 Å². The SMILES string of the molecule is CN(C)c1nc(NC2CCC(NC(=O)c3ccc([N+](=O)[O-])cc3Cl)CC2)nc2c1CCCC2. The number of halogens is 1. The molecule has 2 aliphatic rings. The van der Waals surface area contributed by atoms with Gasteiger partial charge in [-0.15, -0.1) is 0 Å². The van der Waals surface area contributed by atoms with E-state index in [-0.39, 0.29) is 34.3 Å². The van der Waals surface area contributed by atoms with Crippen LogP contribution in [0.2, 0.25) is 5.02 Å². The van der Waals surface area contributed by atoms with Crippen LogP contribution < -0.4 is 15.5 Å². The van der Waals surface area contributed by atoms with Crippen molar-refractivity contribution in [1.82, 2.24) is 15.3 Å². The zero-order valence-electron chi connectivity index (χ0n) is 18.9. The molecule has 0 aliphatic heterocycles. The molecule has 0 radical (unpaired) electrons. The number of fused-ring (bicyclic) bond motifs is 1. The lowest BCUT2D eigenvalue weighted by atomic mass is 9.91.